The molecular formula is C45H26O. The molecule has 9 aromatic rings. The van der Waals surface area contributed by atoms with Crippen LogP contribution in [0.1, 0.15) is 22.3 Å². The van der Waals surface area contributed by atoms with E-state index in [1.165, 1.54) is 87.6 Å². The fourth-order valence-electron chi connectivity index (χ4n) is 8.74. The van der Waals surface area contributed by atoms with Crippen LogP contribution in [-0.2, 0) is 5.41 Å². The lowest BCUT2D eigenvalue weighted by atomic mass is 9.65. The van der Waals surface area contributed by atoms with Crippen molar-refractivity contribution in [2.75, 3.05) is 0 Å². The standard InChI is InChI=1S/C45H26O/c1-2-9-30-24-31(18-16-27(30)8-1)32-21-22-34-38(25-32)45(36-12-3-5-14-40(36)46-41-15-6-4-13-37(41)45)39-26-33-19-17-28-10-7-11-29-20-23-35(44(34)39)43(33)42(28)29/h1-26H. The van der Waals surface area contributed by atoms with Crippen molar-refractivity contribution in [3.63, 3.8) is 0 Å². The second-order valence-electron chi connectivity index (χ2n) is 12.8. The van der Waals surface area contributed by atoms with Crippen LogP contribution in [0.15, 0.2) is 158 Å². The minimum Gasteiger partial charge on any atom is -0.457 e. The molecule has 2 aliphatic rings. The second kappa shape index (κ2) is 8.62. The molecule has 1 heteroatoms. The molecule has 1 spiro atoms. The molecule has 0 unspecified atom stereocenters. The van der Waals surface area contributed by atoms with Crippen LogP contribution in [0.3, 0.4) is 0 Å². The smallest absolute Gasteiger partial charge is 0.132 e. The summed E-state index contributed by atoms with van der Waals surface area (Å²) in [5, 5.41) is 10.4. The van der Waals surface area contributed by atoms with Gasteiger partial charge in [0.05, 0.1) is 5.41 Å². The van der Waals surface area contributed by atoms with Crippen molar-refractivity contribution in [2.24, 2.45) is 0 Å². The van der Waals surface area contributed by atoms with Gasteiger partial charge in [-0.05, 0) is 107 Å². The first-order valence-corrected chi connectivity index (χ1v) is 16.0. The monoisotopic (exact) mass is 582 g/mol. The Balaban J connectivity index is 1.32. The van der Waals surface area contributed by atoms with Crippen molar-refractivity contribution >= 4 is 43.1 Å². The minimum atomic E-state index is -0.534. The lowest BCUT2D eigenvalue weighted by Crippen LogP contribution is -2.32. The van der Waals surface area contributed by atoms with Gasteiger partial charge in [-0.15, -0.1) is 0 Å². The normalized spacial score (nSPS) is 14.0. The molecule has 9 aromatic carbocycles. The Morgan fingerprint density at radius 2 is 0.978 bits per heavy atom. The third-order valence-electron chi connectivity index (χ3n) is 10.6. The first kappa shape index (κ1) is 24.4. The van der Waals surface area contributed by atoms with Gasteiger partial charge in [0.25, 0.3) is 0 Å². The first-order valence-electron chi connectivity index (χ1n) is 16.0. The largest absolute Gasteiger partial charge is 0.457 e. The zero-order valence-electron chi connectivity index (χ0n) is 24.9. The molecule has 46 heavy (non-hydrogen) atoms. The summed E-state index contributed by atoms with van der Waals surface area (Å²) in [6.07, 6.45) is 0. The molecule has 0 saturated carbocycles. The molecule has 0 bridgehead atoms. The van der Waals surface area contributed by atoms with Gasteiger partial charge in [0, 0.05) is 11.1 Å². The van der Waals surface area contributed by atoms with Crippen LogP contribution in [0.5, 0.6) is 11.5 Å². The fraction of sp³-hybridized carbons (Fsp3) is 0.0222. The number of fused-ring (bicyclic) bond motifs is 11. The topological polar surface area (TPSA) is 9.23 Å². The van der Waals surface area contributed by atoms with Gasteiger partial charge >= 0.3 is 0 Å². The van der Waals surface area contributed by atoms with Gasteiger partial charge in [0.2, 0.25) is 0 Å². The summed E-state index contributed by atoms with van der Waals surface area (Å²) in [4.78, 5) is 0. The van der Waals surface area contributed by atoms with E-state index in [0.717, 1.165) is 11.5 Å². The van der Waals surface area contributed by atoms with Crippen LogP contribution >= 0.6 is 0 Å². The zero-order chi connectivity index (χ0) is 30.0. The SMILES string of the molecule is c1ccc2c(c1)Oc1ccccc1C21c2cc(-c3ccc4ccccc4c3)ccc2-c2c1cc1ccc3cccc4ccc2c1c34. The number of benzene rings is 9. The average molecular weight is 583 g/mol. The molecule has 1 heterocycles. The van der Waals surface area contributed by atoms with E-state index < -0.39 is 5.41 Å². The first-order chi connectivity index (χ1) is 22.8. The summed E-state index contributed by atoms with van der Waals surface area (Å²) in [6, 6.07) is 58.3. The maximum absolute atomic E-state index is 6.65. The molecule has 1 aliphatic heterocycles. The predicted octanol–water partition coefficient (Wildman–Crippen LogP) is 11.9. The fourth-order valence-corrected chi connectivity index (χ4v) is 8.74. The zero-order valence-corrected chi connectivity index (χ0v) is 24.9. The highest BCUT2D eigenvalue weighted by atomic mass is 16.5. The van der Waals surface area contributed by atoms with E-state index in [4.69, 9.17) is 4.74 Å². The Bertz CT molecular complexity index is 2670. The van der Waals surface area contributed by atoms with Crippen molar-refractivity contribution in [1.82, 2.24) is 0 Å². The Kier molecular flexibility index (Phi) is 4.57. The van der Waals surface area contributed by atoms with Crippen LogP contribution < -0.4 is 4.74 Å². The number of ether oxygens (including phenoxy) is 1. The van der Waals surface area contributed by atoms with Gasteiger partial charge in [-0.1, -0.05) is 127 Å². The van der Waals surface area contributed by atoms with E-state index in [1.807, 2.05) is 0 Å². The van der Waals surface area contributed by atoms with Crippen molar-refractivity contribution in [2.45, 2.75) is 5.41 Å². The lowest BCUT2D eigenvalue weighted by Gasteiger charge is -2.39. The van der Waals surface area contributed by atoms with Gasteiger partial charge in [-0.2, -0.15) is 0 Å². The second-order valence-corrected chi connectivity index (χ2v) is 12.8. The summed E-state index contributed by atoms with van der Waals surface area (Å²) in [7, 11) is 0. The minimum absolute atomic E-state index is 0.534. The van der Waals surface area contributed by atoms with Crippen LogP contribution in [0.25, 0.3) is 65.3 Å². The van der Waals surface area contributed by atoms with Gasteiger partial charge in [0.1, 0.15) is 11.5 Å². The molecule has 0 aromatic heterocycles. The van der Waals surface area contributed by atoms with Crippen LogP contribution in [-0.4, -0.2) is 0 Å². The molecule has 0 saturated heterocycles. The molecule has 1 aliphatic carbocycles. The van der Waals surface area contributed by atoms with Crippen LogP contribution in [0.4, 0.5) is 0 Å². The van der Waals surface area contributed by atoms with E-state index in [2.05, 4.69) is 158 Å². The van der Waals surface area contributed by atoms with Gasteiger partial charge < -0.3 is 4.74 Å². The quantitative estimate of drug-likeness (QED) is 0.175. The van der Waals surface area contributed by atoms with Crippen molar-refractivity contribution < 1.29 is 4.74 Å². The van der Waals surface area contributed by atoms with Crippen LogP contribution in [0, 0.1) is 0 Å². The Labute approximate surface area is 266 Å². The molecule has 212 valence electrons. The number of hydrogen-bond acceptors (Lipinski definition) is 1. The predicted molar refractivity (Wildman–Crippen MR) is 190 cm³/mol. The lowest BCUT2D eigenvalue weighted by molar-refractivity contribution is 0.436. The van der Waals surface area contributed by atoms with E-state index in [9.17, 15) is 0 Å². The molecule has 1 nitrogen and oxygen atoms in total. The number of hydrogen-bond donors (Lipinski definition) is 0. The van der Waals surface area contributed by atoms with Crippen molar-refractivity contribution in [1.29, 1.82) is 0 Å². The van der Waals surface area contributed by atoms with E-state index in [-0.39, 0.29) is 0 Å². The molecule has 0 fully saturated rings. The highest BCUT2D eigenvalue weighted by Gasteiger charge is 2.51. The summed E-state index contributed by atoms with van der Waals surface area (Å²) >= 11 is 0. The van der Waals surface area contributed by atoms with Crippen molar-refractivity contribution in [3.8, 4) is 33.8 Å². The molecule has 0 N–H and O–H groups in total. The third-order valence-corrected chi connectivity index (χ3v) is 10.6. The van der Waals surface area contributed by atoms with E-state index in [1.54, 1.807) is 0 Å². The summed E-state index contributed by atoms with van der Waals surface area (Å²) in [5.41, 5.74) is 9.56. The summed E-state index contributed by atoms with van der Waals surface area (Å²) in [5.74, 6) is 1.84. The Morgan fingerprint density at radius 3 is 1.78 bits per heavy atom. The van der Waals surface area contributed by atoms with Gasteiger partial charge in [-0.3, -0.25) is 0 Å². The molecule has 0 radical (unpaired) electrons. The maximum atomic E-state index is 6.65. The summed E-state index contributed by atoms with van der Waals surface area (Å²) < 4.78 is 6.65. The number of para-hydroxylation sites is 2. The highest BCUT2D eigenvalue weighted by Crippen LogP contribution is 2.64. The van der Waals surface area contributed by atoms with Crippen LogP contribution in [0.2, 0.25) is 0 Å². The van der Waals surface area contributed by atoms with E-state index >= 15 is 0 Å². The molecule has 11 rings (SSSR count). The van der Waals surface area contributed by atoms with Gasteiger partial charge in [-0.25, -0.2) is 0 Å². The van der Waals surface area contributed by atoms with Gasteiger partial charge in [0.15, 0.2) is 0 Å². The average Bonchev–Trinajstić information content (AvgIpc) is 3.40. The summed E-state index contributed by atoms with van der Waals surface area (Å²) in [6.45, 7) is 0. The highest BCUT2D eigenvalue weighted by molar-refractivity contribution is 6.27. The Morgan fingerprint density at radius 1 is 0.370 bits per heavy atom. The molecule has 0 atom stereocenters. The van der Waals surface area contributed by atoms with Crippen molar-refractivity contribution in [3.05, 3.63) is 180 Å². The molecular weight excluding hydrogens is 556 g/mol. The maximum Gasteiger partial charge on any atom is 0.132 e. The van der Waals surface area contributed by atoms with E-state index in [0.29, 0.717) is 0 Å². The molecule has 0 amide bonds. The third kappa shape index (κ3) is 2.96. The number of rotatable bonds is 1. The Hall–Kier alpha value is -5.92.